The number of rotatable bonds is 1. The lowest BCUT2D eigenvalue weighted by atomic mass is 9.66. The molecule has 2 aromatic rings. The molecule has 0 N–H and O–H groups in total. The van der Waals surface area contributed by atoms with Gasteiger partial charge >= 0.3 is 0 Å². The summed E-state index contributed by atoms with van der Waals surface area (Å²) in [6.45, 7) is 3.98. The highest BCUT2D eigenvalue weighted by Crippen LogP contribution is 2.45. The fourth-order valence-electron chi connectivity index (χ4n) is 3.67. The molecule has 1 aliphatic heterocycles. The van der Waals surface area contributed by atoms with Gasteiger partial charge in [0, 0.05) is 17.2 Å². The zero-order valence-corrected chi connectivity index (χ0v) is 15.0. The van der Waals surface area contributed by atoms with Gasteiger partial charge < -0.3 is 0 Å². The molecule has 1 aromatic carbocycles. The molecule has 0 amide bonds. The monoisotopic (exact) mass is 389 g/mol. The topological polar surface area (TPSA) is 47.2 Å². The fraction of sp³-hybridized carbons (Fsp3) is 0.389. The first-order valence-corrected chi connectivity index (χ1v) is 8.78. The van der Waals surface area contributed by atoms with Crippen molar-refractivity contribution in [3.05, 3.63) is 46.3 Å². The van der Waals surface area contributed by atoms with Gasteiger partial charge in [-0.1, -0.05) is 19.9 Å². The molecule has 1 aromatic heterocycles. The van der Waals surface area contributed by atoms with Gasteiger partial charge in [-0.3, -0.25) is 4.79 Å². The van der Waals surface area contributed by atoms with Crippen molar-refractivity contribution < 1.29 is 9.18 Å². The van der Waals surface area contributed by atoms with Gasteiger partial charge in [-0.05, 0) is 46.5 Å². The van der Waals surface area contributed by atoms with Crippen LogP contribution in [0.15, 0.2) is 39.9 Å². The highest BCUT2D eigenvalue weighted by Gasteiger charge is 2.48. The van der Waals surface area contributed by atoms with Crippen LogP contribution in [0, 0.1) is 17.2 Å². The van der Waals surface area contributed by atoms with E-state index in [0.717, 1.165) is 29.9 Å². The molecule has 2 aliphatic rings. The molecule has 1 fully saturated rings. The number of halogens is 2. The Balaban J connectivity index is 1.90. The lowest BCUT2D eigenvalue weighted by Crippen LogP contribution is -2.46. The number of ketones is 1. The average Bonchev–Trinajstić information content (AvgIpc) is 3.00. The molecule has 1 saturated carbocycles. The zero-order chi connectivity index (χ0) is 17.1. The normalized spacial score (nSPS) is 25.0. The number of hydrogen-bond acceptors (Lipinski definition) is 3. The van der Waals surface area contributed by atoms with E-state index in [9.17, 15) is 9.18 Å². The van der Waals surface area contributed by atoms with Crippen LogP contribution in [0.5, 0.6) is 0 Å². The molecule has 4 nitrogen and oxygen atoms in total. The van der Waals surface area contributed by atoms with Crippen LogP contribution in [-0.4, -0.2) is 21.3 Å². The van der Waals surface area contributed by atoms with Crippen molar-refractivity contribution in [2.75, 3.05) is 0 Å². The minimum atomic E-state index is -0.385. The first-order valence-electron chi connectivity index (χ1n) is 7.99. The maximum absolute atomic E-state index is 13.7. The lowest BCUT2D eigenvalue weighted by Gasteiger charge is -2.41. The van der Waals surface area contributed by atoms with Crippen LogP contribution in [0.4, 0.5) is 10.2 Å². The quantitative estimate of drug-likeness (QED) is 0.722. The van der Waals surface area contributed by atoms with Crippen LogP contribution >= 0.6 is 15.9 Å². The molecule has 4 rings (SSSR count). The molecule has 0 spiro atoms. The number of aliphatic imine (C=N–C) groups is 1. The summed E-state index contributed by atoms with van der Waals surface area (Å²) < 4.78 is 15.8. The van der Waals surface area contributed by atoms with Gasteiger partial charge in [0.15, 0.2) is 5.82 Å². The number of carbonyl (C=O) groups is 1. The summed E-state index contributed by atoms with van der Waals surface area (Å²) in [5, 5.41) is 4.39. The van der Waals surface area contributed by atoms with E-state index in [-0.39, 0.29) is 29.0 Å². The van der Waals surface area contributed by atoms with Gasteiger partial charge in [0.05, 0.1) is 22.6 Å². The van der Waals surface area contributed by atoms with Crippen LogP contribution in [0.3, 0.4) is 0 Å². The van der Waals surface area contributed by atoms with Crippen LogP contribution in [0.1, 0.15) is 38.3 Å². The molecule has 2 unspecified atom stereocenters. The minimum absolute atomic E-state index is 0.180. The molecule has 2 heterocycles. The Morgan fingerprint density at radius 3 is 2.88 bits per heavy atom. The highest BCUT2D eigenvalue weighted by atomic mass is 79.9. The van der Waals surface area contributed by atoms with E-state index >= 15 is 0 Å². The smallest absolute Gasteiger partial charge is 0.150 e. The highest BCUT2D eigenvalue weighted by molar-refractivity contribution is 9.10. The third kappa shape index (κ3) is 2.27. The Kier molecular flexibility index (Phi) is 3.49. The van der Waals surface area contributed by atoms with E-state index in [1.807, 2.05) is 19.9 Å². The van der Waals surface area contributed by atoms with E-state index in [0.29, 0.717) is 4.47 Å². The Labute approximate surface area is 147 Å². The third-order valence-electron chi connectivity index (χ3n) is 5.09. The van der Waals surface area contributed by atoms with E-state index in [2.05, 4.69) is 26.0 Å². The van der Waals surface area contributed by atoms with Gasteiger partial charge in [-0.15, -0.1) is 0 Å². The predicted octanol–water partition coefficient (Wildman–Crippen LogP) is 4.47. The summed E-state index contributed by atoms with van der Waals surface area (Å²) in [6, 6.07) is 6.45. The molecule has 0 radical (unpaired) electrons. The maximum atomic E-state index is 13.7. The van der Waals surface area contributed by atoms with Crippen molar-refractivity contribution in [1.29, 1.82) is 0 Å². The number of benzene rings is 1. The lowest BCUT2D eigenvalue weighted by molar-refractivity contribution is -0.131. The molecule has 0 saturated heterocycles. The number of fused-ring (bicyclic) bond motifs is 2. The van der Waals surface area contributed by atoms with Crippen LogP contribution in [0.2, 0.25) is 0 Å². The largest absolute Gasteiger partial charge is 0.298 e. The summed E-state index contributed by atoms with van der Waals surface area (Å²) >= 11 is 3.25. The maximum Gasteiger partial charge on any atom is 0.150 e. The average molecular weight is 390 g/mol. The Morgan fingerprint density at radius 1 is 1.33 bits per heavy atom. The third-order valence-corrected chi connectivity index (χ3v) is 5.69. The van der Waals surface area contributed by atoms with Gasteiger partial charge in [0.1, 0.15) is 11.6 Å². The van der Waals surface area contributed by atoms with Crippen molar-refractivity contribution in [2.45, 2.75) is 32.7 Å². The fourth-order valence-corrected chi connectivity index (χ4v) is 4.07. The predicted molar refractivity (Wildman–Crippen MR) is 93.1 cm³/mol. The molecule has 2 atom stereocenters. The summed E-state index contributed by atoms with van der Waals surface area (Å²) in [4.78, 5) is 17.8. The van der Waals surface area contributed by atoms with Crippen molar-refractivity contribution in [3.63, 3.8) is 0 Å². The second-order valence-electron chi connectivity index (χ2n) is 7.08. The molecule has 124 valence electrons. The Morgan fingerprint density at radius 2 is 2.12 bits per heavy atom. The van der Waals surface area contributed by atoms with Gasteiger partial charge in [-0.2, -0.15) is 5.10 Å². The van der Waals surface area contributed by atoms with E-state index in [1.165, 1.54) is 6.07 Å². The summed E-state index contributed by atoms with van der Waals surface area (Å²) in [6.07, 6.45) is 3.29. The molecule has 0 bridgehead atoms. The summed E-state index contributed by atoms with van der Waals surface area (Å²) in [7, 11) is 0. The van der Waals surface area contributed by atoms with Gasteiger partial charge in [0.25, 0.3) is 0 Å². The minimum Gasteiger partial charge on any atom is -0.298 e. The first kappa shape index (κ1) is 15.7. The van der Waals surface area contributed by atoms with Crippen LogP contribution < -0.4 is 0 Å². The van der Waals surface area contributed by atoms with Crippen LogP contribution in [-0.2, 0) is 4.79 Å². The standard InChI is InChI=1S/C18H17BrFN3O/c1-18(2)7-5-13-15(17(18)24)16(23-14(22-13)6-8-21-23)10-3-4-12(20)11(19)9-10/h3-4,6,8-9,15-16H,5,7H2,1-2H3. The molecule has 1 aliphatic carbocycles. The van der Waals surface area contributed by atoms with E-state index in [4.69, 9.17) is 0 Å². The number of nitrogens with zero attached hydrogens (tertiary/aromatic N) is 3. The number of Topliss-reactive ketones (excluding diaryl/α,β-unsaturated/α-hetero) is 1. The Hall–Kier alpha value is -1.82. The van der Waals surface area contributed by atoms with E-state index in [1.54, 1.807) is 23.0 Å². The SMILES string of the molecule is CC1(C)CCC2=Nc3ccnn3C(c3ccc(F)c(Br)c3)C2C1=O. The second kappa shape index (κ2) is 5.34. The first-order chi connectivity index (χ1) is 11.4. The summed E-state index contributed by atoms with van der Waals surface area (Å²) in [5.41, 5.74) is 1.39. The molecular formula is C18H17BrFN3O. The second-order valence-corrected chi connectivity index (χ2v) is 7.94. The van der Waals surface area contributed by atoms with Crippen molar-refractivity contribution in [2.24, 2.45) is 16.3 Å². The van der Waals surface area contributed by atoms with Crippen molar-refractivity contribution >= 4 is 33.2 Å². The van der Waals surface area contributed by atoms with Crippen molar-refractivity contribution in [1.82, 2.24) is 9.78 Å². The van der Waals surface area contributed by atoms with E-state index < -0.39 is 0 Å². The molecule has 24 heavy (non-hydrogen) atoms. The summed E-state index contributed by atoms with van der Waals surface area (Å²) in [5.74, 6) is 0.260. The molecule has 6 heteroatoms. The number of carbonyl (C=O) groups excluding carboxylic acids is 1. The number of hydrogen-bond donors (Lipinski definition) is 0. The van der Waals surface area contributed by atoms with Gasteiger partial charge in [0.2, 0.25) is 0 Å². The number of aromatic nitrogens is 2. The zero-order valence-electron chi connectivity index (χ0n) is 13.5. The van der Waals surface area contributed by atoms with Crippen molar-refractivity contribution in [3.8, 4) is 0 Å². The Bertz CT molecular complexity index is 871. The van der Waals surface area contributed by atoms with Gasteiger partial charge in [-0.25, -0.2) is 14.1 Å². The molecular weight excluding hydrogens is 373 g/mol. The van der Waals surface area contributed by atoms with Crippen LogP contribution in [0.25, 0.3) is 0 Å².